The van der Waals surface area contributed by atoms with Gasteiger partial charge < -0.3 is 5.32 Å². The van der Waals surface area contributed by atoms with Crippen LogP contribution in [0, 0.1) is 12.8 Å². The normalized spacial score (nSPS) is 14.2. The number of aryl methyl sites for hydroxylation is 2. The summed E-state index contributed by atoms with van der Waals surface area (Å²) < 4.78 is 0. The monoisotopic (exact) mass is 277 g/mol. The molecular weight excluding hydrogens is 246 g/mol. The molecule has 1 heterocycles. The standard InChI is InChI=1S/C17H31N3/c1-6-9-10-14(7-2)12-17(18-5)15-11-13(4)19-20-16(15)8-3/h11,14,17-18H,6-10,12H2,1-5H3. The van der Waals surface area contributed by atoms with E-state index in [1.807, 2.05) is 6.92 Å². The number of nitrogens with zero attached hydrogens (tertiary/aromatic N) is 2. The third-order valence-electron chi connectivity index (χ3n) is 4.20. The Bertz CT molecular complexity index is 390. The van der Waals surface area contributed by atoms with Gasteiger partial charge in [0.1, 0.15) is 0 Å². The maximum Gasteiger partial charge on any atom is 0.0676 e. The minimum absolute atomic E-state index is 0.404. The first-order chi connectivity index (χ1) is 9.65. The van der Waals surface area contributed by atoms with Crippen molar-refractivity contribution in [3.8, 4) is 0 Å². The van der Waals surface area contributed by atoms with Crippen molar-refractivity contribution in [1.82, 2.24) is 15.5 Å². The van der Waals surface area contributed by atoms with Crippen molar-refractivity contribution >= 4 is 0 Å². The van der Waals surface area contributed by atoms with Gasteiger partial charge in [-0.25, -0.2) is 0 Å². The number of unbranched alkanes of at least 4 members (excludes halogenated alkanes) is 1. The molecule has 0 spiro atoms. The molecule has 0 aliphatic carbocycles. The topological polar surface area (TPSA) is 37.8 Å². The van der Waals surface area contributed by atoms with Crippen LogP contribution in [0.4, 0.5) is 0 Å². The van der Waals surface area contributed by atoms with E-state index in [0.29, 0.717) is 6.04 Å². The highest BCUT2D eigenvalue weighted by Gasteiger charge is 2.19. The van der Waals surface area contributed by atoms with Crippen LogP contribution in [0.5, 0.6) is 0 Å². The maximum atomic E-state index is 4.37. The summed E-state index contributed by atoms with van der Waals surface area (Å²) in [5.41, 5.74) is 3.50. The highest BCUT2D eigenvalue weighted by Crippen LogP contribution is 2.28. The molecule has 0 radical (unpaired) electrons. The molecule has 114 valence electrons. The highest BCUT2D eigenvalue weighted by atomic mass is 15.1. The first-order valence-electron chi connectivity index (χ1n) is 8.16. The maximum absolute atomic E-state index is 4.37. The Kier molecular flexibility index (Phi) is 7.75. The minimum Gasteiger partial charge on any atom is -0.313 e. The van der Waals surface area contributed by atoms with Crippen LogP contribution in [0.3, 0.4) is 0 Å². The molecule has 0 aromatic carbocycles. The molecule has 2 atom stereocenters. The van der Waals surface area contributed by atoms with E-state index in [2.05, 4.69) is 49.4 Å². The summed E-state index contributed by atoms with van der Waals surface area (Å²) in [5.74, 6) is 0.797. The fourth-order valence-corrected chi connectivity index (χ4v) is 2.83. The summed E-state index contributed by atoms with van der Waals surface area (Å²) in [6.07, 6.45) is 7.37. The van der Waals surface area contributed by atoms with Crippen molar-refractivity contribution in [3.05, 3.63) is 23.0 Å². The van der Waals surface area contributed by atoms with Gasteiger partial charge in [-0.15, -0.1) is 0 Å². The van der Waals surface area contributed by atoms with Crippen LogP contribution >= 0.6 is 0 Å². The fourth-order valence-electron chi connectivity index (χ4n) is 2.83. The molecule has 0 fully saturated rings. The summed E-state index contributed by atoms with van der Waals surface area (Å²) in [6.45, 7) is 8.76. The molecule has 0 saturated heterocycles. The first kappa shape index (κ1) is 17.1. The van der Waals surface area contributed by atoms with Gasteiger partial charge >= 0.3 is 0 Å². The molecule has 3 heteroatoms. The lowest BCUT2D eigenvalue weighted by Crippen LogP contribution is -2.22. The second-order valence-electron chi connectivity index (χ2n) is 5.73. The molecule has 1 rings (SSSR count). The first-order valence-corrected chi connectivity index (χ1v) is 8.16. The van der Waals surface area contributed by atoms with Gasteiger partial charge in [0.15, 0.2) is 0 Å². The third-order valence-corrected chi connectivity index (χ3v) is 4.20. The average Bonchev–Trinajstić information content (AvgIpc) is 2.47. The van der Waals surface area contributed by atoms with E-state index in [4.69, 9.17) is 0 Å². The van der Waals surface area contributed by atoms with E-state index >= 15 is 0 Å². The van der Waals surface area contributed by atoms with Gasteiger partial charge in [0.05, 0.1) is 11.4 Å². The lowest BCUT2D eigenvalue weighted by molar-refractivity contribution is 0.363. The quantitative estimate of drug-likeness (QED) is 0.734. The predicted octanol–water partition coefficient (Wildman–Crippen LogP) is 4.21. The van der Waals surface area contributed by atoms with E-state index < -0.39 is 0 Å². The van der Waals surface area contributed by atoms with Gasteiger partial charge in [-0.2, -0.15) is 10.2 Å². The molecule has 20 heavy (non-hydrogen) atoms. The van der Waals surface area contributed by atoms with Crippen LogP contribution in [0.25, 0.3) is 0 Å². The fraction of sp³-hybridized carbons (Fsp3) is 0.765. The molecular formula is C17H31N3. The van der Waals surface area contributed by atoms with Crippen molar-refractivity contribution < 1.29 is 0 Å². The Balaban J connectivity index is 2.86. The Labute approximate surface area is 124 Å². The van der Waals surface area contributed by atoms with Crippen LogP contribution in [0.2, 0.25) is 0 Å². The van der Waals surface area contributed by atoms with Crippen molar-refractivity contribution in [2.45, 2.75) is 72.3 Å². The van der Waals surface area contributed by atoms with Crippen LogP contribution in [0.15, 0.2) is 6.07 Å². The number of aromatic nitrogens is 2. The Morgan fingerprint density at radius 1 is 1.20 bits per heavy atom. The largest absolute Gasteiger partial charge is 0.313 e. The number of hydrogen-bond acceptors (Lipinski definition) is 3. The predicted molar refractivity (Wildman–Crippen MR) is 85.9 cm³/mol. The van der Waals surface area contributed by atoms with E-state index in [0.717, 1.165) is 23.7 Å². The van der Waals surface area contributed by atoms with Crippen molar-refractivity contribution in [1.29, 1.82) is 0 Å². The summed E-state index contributed by atoms with van der Waals surface area (Å²) in [5, 5.41) is 12.1. The molecule has 0 bridgehead atoms. The van der Waals surface area contributed by atoms with E-state index in [1.54, 1.807) is 0 Å². The van der Waals surface area contributed by atoms with Gasteiger partial charge in [0.2, 0.25) is 0 Å². The molecule has 0 aliphatic rings. The van der Waals surface area contributed by atoms with Crippen molar-refractivity contribution in [2.24, 2.45) is 5.92 Å². The molecule has 1 aromatic heterocycles. The van der Waals surface area contributed by atoms with Crippen LogP contribution in [-0.4, -0.2) is 17.2 Å². The molecule has 0 saturated carbocycles. The van der Waals surface area contributed by atoms with E-state index in [1.165, 1.54) is 37.7 Å². The Morgan fingerprint density at radius 2 is 1.95 bits per heavy atom. The lowest BCUT2D eigenvalue weighted by atomic mass is 9.88. The molecule has 2 unspecified atom stereocenters. The van der Waals surface area contributed by atoms with E-state index in [9.17, 15) is 0 Å². The van der Waals surface area contributed by atoms with Crippen molar-refractivity contribution in [2.75, 3.05) is 7.05 Å². The van der Waals surface area contributed by atoms with Gasteiger partial charge in [0, 0.05) is 6.04 Å². The van der Waals surface area contributed by atoms with Crippen LogP contribution < -0.4 is 5.32 Å². The summed E-state index contributed by atoms with van der Waals surface area (Å²) in [4.78, 5) is 0. The van der Waals surface area contributed by atoms with Gasteiger partial charge in [-0.3, -0.25) is 0 Å². The third kappa shape index (κ3) is 4.86. The molecule has 1 aromatic rings. The second-order valence-corrected chi connectivity index (χ2v) is 5.73. The smallest absolute Gasteiger partial charge is 0.0676 e. The Hall–Kier alpha value is -0.960. The highest BCUT2D eigenvalue weighted by molar-refractivity contribution is 5.24. The number of nitrogens with one attached hydrogen (secondary N) is 1. The van der Waals surface area contributed by atoms with E-state index in [-0.39, 0.29) is 0 Å². The molecule has 3 nitrogen and oxygen atoms in total. The molecule has 0 amide bonds. The van der Waals surface area contributed by atoms with Gasteiger partial charge in [0.25, 0.3) is 0 Å². The zero-order valence-corrected chi connectivity index (χ0v) is 13.9. The van der Waals surface area contributed by atoms with Crippen LogP contribution in [-0.2, 0) is 6.42 Å². The summed E-state index contributed by atoms with van der Waals surface area (Å²) >= 11 is 0. The molecule has 0 aliphatic heterocycles. The summed E-state index contributed by atoms with van der Waals surface area (Å²) in [7, 11) is 2.06. The summed E-state index contributed by atoms with van der Waals surface area (Å²) in [6, 6.07) is 2.61. The Morgan fingerprint density at radius 3 is 2.50 bits per heavy atom. The van der Waals surface area contributed by atoms with Crippen LogP contribution in [0.1, 0.15) is 75.9 Å². The minimum atomic E-state index is 0.404. The zero-order valence-electron chi connectivity index (χ0n) is 13.9. The lowest BCUT2D eigenvalue weighted by Gasteiger charge is -2.24. The molecule has 1 N–H and O–H groups in total. The average molecular weight is 277 g/mol. The number of rotatable bonds is 9. The van der Waals surface area contributed by atoms with Gasteiger partial charge in [-0.1, -0.05) is 46.5 Å². The SMILES string of the molecule is CCCCC(CC)CC(NC)c1cc(C)nnc1CC. The number of hydrogen-bond donors (Lipinski definition) is 1. The second kappa shape index (κ2) is 9.06. The van der Waals surface area contributed by atoms with Crippen molar-refractivity contribution in [3.63, 3.8) is 0 Å². The van der Waals surface area contributed by atoms with Gasteiger partial charge in [-0.05, 0) is 44.4 Å². The zero-order chi connectivity index (χ0) is 15.0.